The second-order valence-corrected chi connectivity index (χ2v) is 5.86. The highest BCUT2D eigenvalue weighted by atomic mass is 19.4. The summed E-state index contributed by atoms with van der Waals surface area (Å²) < 4.78 is 63.7. The molecule has 1 aliphatic carbocycles. The van der Waals surface area contributed by atoms with Gasteiger partial charge in [0.15, 0.2) is 0 Å². The van der Waals surface area contributed by atoms with E-state index in [4.69, 9.17) is 0 Å². The zero-order chi connectivity index (χ0) is 17.1. The van der Waals surface area contributed by atoms with E-state index in [2.05, 4.69) is 5.32 Å². The highest BCUT2D eigenvalue weighted by Crippen LogP contribution is 2.43. The second-order valence-electron chi connectivity index (χ2n) is 5.86. The molecule has 1 amide bonds. The van der Waals surface area contributed by atoms with Crippen molar-refractivity contribution in [2.24, 2.45) is 5.41 Å². The quantitative estimate of drug-likeness (QED) is 0.803. The second kappa shape index (κ2) is 6.84. The van der Waals surface area contributed by atoms with Gasteiger partial charge in [-0.15, -0.1) is 0 Å². The van der Waals surface area contributed by atoms with E-state index in [1.807, 2.05) is 0 Å². The Morgan fingerprint density at radius 3 is 2.17 bits per heavy atom. The molecule has 0 unspecified atom stereocenters. The van der Waals surface area contributed by atoms with Gasteiger partial charge in [-0.2, -0.15) is 13.2 Å². The van der Waals surface area contributed by atoms with Crippen LogP contribution in [0.1, 0.15) is 36.8 Å². The van der Waals surface area contributed by atoms with E-state index in [0.29, 0.717) is 24.8 Å². The number of hydrogen-bond donors (Lipinski definition) is 1. The van der Waals surface area contributed by atoms with Crippen molar-refractivity contribution in [1.82, 2.24) is 5.32 Å². The van der Waals surface area contributed by atoms with Gasteiger partial charge in [0.2, 0.25) is 5.91 Å². The summed E-state index contributed by atoms with van der Waals surface area (Å²) >= 11 is 0. The molecular weight excluding hydrogens is 317 g/mol. The van der Waals surface area contributed by atoms with Crippen molar-refractivity contribution < 1.29 is 26.7 Å². The van der Waals surface area contributed by atoms with Crippen LogP contribution in [0.4, 0.5) is 22.0 Å². The SMILES string of the molecule is O=C(NCCc1ccc(C(F)(F)F)cc1)C1(C(F)F)CCCC1. The van der Waals surface area contributed by atoms with E-state index in [9.17, 15) is 26.7 Å². The van der Waals surface area contributed by atoms with E-state index in [0.717, 1.165) is 12.1 Å². The number of carbonyl (C=O) groups excluding carboxylic acids is 1. The Morgan fingerprint density at radius 1 is 1.13 bits per heavy atom. The summed E-state index contributed by atoms with van der Waals surface area (Å²) in [6.07, 6.45) is -5.22. The molecule has 0 aliphatic heterocycles. The fourth-order valence-electron chi connectivity index (χ4n) is 2.91. The number of alkyl halides is 5. The van der Waals surface area contributed by atoms with E-state index in [-0.39, 0.29) is 19.4 Å². The summed E-state index contributed by atoms with van der Waals surface area (Å²) in [6.45, 7) is 0.124. The Balaban J connectivity index is 1.88. The van der Waals surface area contributed by atoms with Gasteiger partial charge in [-0.05, 0) is 37.0 Å². The topological polar surface area (TPSA) is 29.1 Å². The van der Waals surface area contributed by atoms with Crippen LogP contribution in [0.15, 0.2) is 24.3 Å². The van der Waals surface area contributed by atoms with Gasteiger partial charge < -0.3 is 5.32 Å². The first-order chi connectivity index (χ1) is 10.8. The average molecular weight is 335 g/mol. The van der Waals surface area contributed by atoms with Gasteiger partial charge >= 0.3 is 6.18 Å². The zero-order valence-electron chi connectivity index (χ0n) is 12.4. The van der Waals surface area contributed by atoms with E-state index >= 15 is 0 Å². The minimum Gasteiger partial charge on any atom is -0.355 e. The number of nitrogens with one attached hydrogen (secondary N) is 1. The lowest BCUT2D eigenvalue weighted by molar-refractivity contribution is -0.140. The summed E-state index contributed by atoms with van der Waals surface area (Å²) in [7, 11) is 0. The molecule has 1 aromatic rings. The van der Waals surface area contributed by atoms with Crippen LogP contribution in [-0.4, -0.2) is 18.9 Å². The molecule has 1 N–H and O–H groups in total. The summed E-state index contributed by atoms with van der Waals surface area (Å²) in [5.74, 6) is -0.656. The molecule has 1 fully saturated rings. The monoisotopic (exact) mass is 335 g/mol. The Labute approximate surface area is 131 Å². The maximum atomic E-state index is 13.2. The minimum absolute atomic E-state index is 0.124. The molecule has 0 aromatic heterocycles. The smallest absolute Gasteiger partial charge is 0.355 e. The van der Waals surface area contributed by atoms with Crippen molar-refractivity contribution in [3.63, 3.8) is 0 Å². The van der Waals surface area contributed by atoms with Crippen LogP contribution in [0.2, 0.25) is 0 Å². The van der Waals surface area contributed by atoms with Gasteiger partial charge in [-0.1, -0.05) is 25.0 Å². The van der Waals surface area contributed by atoms with E-state index in [1.165, 1.54) is 12.1 Å². The Hall–Kier alpha value is -1.66. The maximum absolute atomic E-state index is 13.2. The molecule has 0 radical (unpaired) electrons. The first kappa shape index (κ1) is 17.7. The van der Waals surface area contributed by atoms with Gasteiger partial charge in [-0.3, -0.25) is 4.79 Å². The van der Waals surface area contributed by atoms with Crippen molar-refractivity contribution in [2.45, 2.75) is 44.7 Å². The molecule has 128 valence electrons. The average Bonchev–Trinajstić information content (AvgIpc) is 2.97. The zero-order valence-corrected chi connectivity index (χ0v) is 12.4. The first-order valence-electron chi connectivity index (χ1n) is 7.48. The molecule has 1 aliphatic rings. The maximum Gasteiger partial charge on any atom is 0.416 e. The molecule has 0 spiro atoms. The fraction of sp³-hybridized carbons (Fsp3) is 0.562. The standard InChI is InChI=1S/C16H18F5NO/c17-13(18)15(8-1-2-9-15)14(23)22-10-7-11-3-5-12(6-4-11)16(19,20)21/h3-6,13H,1-2,7-10H2,(H,22,23). The van der Waals surface area contributed by atoms with Crippen LogP contribution >= 0.6 is 0 Å². The number of carbonyl (C=O) groups is 1. The number of rotatable bonds is 5. The Morgan fingerprint density at radius 2 is 1.70 bits per heavy atom. The van der Waals surface area contributed by atoms with Crippen LogP contribution in [0.5, 0.6) is 0 Å². The van der Waals surface area contributed by atoms with Gasteiger partial charge in [-0.25, -0.2) is 8.78 Å². The van der Waals surface area contributed by atoms with Crippen molar-refractivity contribution in [1.29, 1.82) is 0 Å². The van der Waals surface area contributed by atoms with Crippen molar-refractivity contribution >= 4 is 5.91 Å². The lowest BCUT2D eigenvalue weighted by atomic mass is 9.85. The van der Waals surface area contributed by atoms with Crippen LogP contribution in [-0.2, 0) is 17.4 Å². The predicted molar refractivity (Wildman–Crippen MR) is 75.1 cm³/mol. The van der Waals surface area contributed by atoms with Crippen LogP contribution < -0.4 is 5.32 Å². The summed E-state index contributed by atoms with van der Waals surface area (Å²) in [5, 5.41) is 2.50. The lowest BCUT2D eigenvalue weighted by Crippen LogP contribution is -2.44. The van der Waals surface area contributed by atoms with Crippen LogP contribution in [0, 0.1) is 5.41 Å². The van der Waals surface area contributed by atoms with Gasteiger partial charge in [0.05, 0.1) is 5.56 Å². The van der Waals surface area contributed by atoms with Crippen molar-refractivity contribution in [2.75, 3.05) is 6.54 Å². The molecular formula is C16H18F5NO. The third kappa shape index (κ3) is 4.00. The molecule has 2 nitrogen and oxygen atoms in total. The van der Waals surface area contributed by atoms with E-state index in [1.54, 1.807) is 0 Å². The molecule has 0 bridgehead atoms. The van der Waals surface area contributed by atoms with Crippen LogP contribution in [0.3, 0.4) is 0 Å². The lowest BCUT2D eigenvalue weighted by Gasteiger charge is -2.26. The summed E-state index contributed by atoms with van der Waals surface area (Å²) in [6, 6.07) is 4.59. The predicted octanol–water partition coefficient (Wildman–Crippen LogP) is 4.19. The summed E-state index contributed by atoms with van der Waals surface area (Å²) in [5.41, 5.74) is -1.73. The fourth-order valence-corrected chi connectivity index (χ4v) is 2.91. The van der Waals surface area contributed by atoms with Gasteiger partial charge in [0.25, 0.3) is 6.43 Å². The molecule has 23 heavy (non-hydrogen) atoms. The molecule has 0 atom stereocenters. The highest BCUT2D eigenvalue weighted by molar-refractivity contribution is 5.83. The molecule has 1 saturated carbocycles. The number of benzene rings is 1. The van der Waals surface area contributed by atoms with Crippen molar-refractivity contribution in [3.8, 4) is 0 Å². The van der Waals surface area contributed by atoms with Crippen molar-refractivity contribution in [3.05, 3.63) is 35.4 Å². The van der Waals surface area contributed by atoms with E-state index < -0.39 is 29.5 Å². The number of halogens is 5. The molecule has 0 saturated heterocycles. The normalized spacial score (nSPS) is 17.5. The summed E-state index contributed by atoms with van der Waals surface area (Å²) in [4.78, 5) is 12.0. The highest BCUT2D eigenvalue weighted by Gasteiger charge is 2.48. The largest absolute Gasteiger partial charge is 0.416 e. The number of amides is 1. The third-order valence-electron chi connectivity index (χ3n) is 4.35. The Kier molecular flexibility index (Phi) is 5.26. The van der Waals surface area contributed by atoms with Gasteiger partial charge in [0, 0.05) is 6.54 Å². The minimum atomic E-state index is -4.39. The number of hydrogen-bond acceptors (Lipinski definition) is 1. The Bertz CT molecular complexity index is 532. The molecule has 0 heterocycles. The van der Waals surface area contributed by atoms with Crippen LogP contribution in [0.25, 0.3) is 0 Å². The molecule has 7 heteroatoms. The molecule has 2 rings (SSSR count). The van der Waals surface area contributed by atoms with Gasteiger partial charge in [0.1, 0.15) is 5.41 Å². The third-order valence-corrected chi connectivity index (χ3v) is 4.35. The molecule has 1 aromatic carbocycles. The first-order valence-corrected chi connectivity index (χ1v) is 7.48.